The standard InChI is InChI=1S/C26H36N2O2/c1-21(2)15-19-30-25-12-10-24(11-13-25)26(29)27-16-14-22-6-8-23(9-7-22)20-28-17-4-3-5-18-28/h6-13,21H,3-5,14-20H2,1-2H3,(H,27,29). The number of nitrogens with zero attached hydrogens (tertiary/aromatic N) is 1. The van der Waals surface area contributed by atoms with E-state index in [4.69, 9.17) is 4.74 Å². The summed E-state index contributed by atoms with van der Waals surface area (Å²) in [4.78, 5) is 14.9. The molecule has 4 heteroatoms. The van der Waals surface area contributed by atoms with Crippen molar-refractivity contribution in [1.29, 1.82) is 0 Å². The normalized spacial score (nSPS) is 14.6. The number of hydrogen-bond acceptors (Lipinski definition) is 3. The number of likely N-dealkylation sites (tertiary alicyclic amines) is 1. The molecule has 1 amide bonds. The van der Waals surface area contributed by atoms with Crippen molar-refractivity contribution in [3.8, 4) is 5.75 Å². The van der Waals surface area contributed by atoms with Gasteiger partial charge in [-0.3, -0.25) is 9.69 Å². The molecule has 0 radical (unpaired) electrons. The largest absolute Gasteiger partial charge is 0.494 e. The first-order chi connectivity index (χ1) is 14.6. The Hall–Kier alpha value is -2.33. The zero-order valence-corrected chi connectivity index (χ0v) is 18.5. The van der Waals surface area contributed by atoms with Gasteiger partial charge >= 0.3 is 0 Å². The highest BCUT2D eigenvalue weighted by Crippen LogP contribution is 2.15. The van der Waals surface area contributed by atoms with Crippen LogP contribution >= 0.6 is 0 Å². The SMILES string of the molecule is CC(C)CCOc1ccc(C(=O)NCCc2ccc(CN3CCCCC3)cc2)cc1. The molecule has 1 fully saturated rings. The van der Waals surface area contributed by atoms with Crippen LogP contribution in [-0.4, -0.2) is 37.0 Å². The molecule has 1 heterocycles. The van der Waals surface area contributed by atoms with Crippen molar-refractivity contribution in [3.63, 3.8) is 0 Å². The van der Waals surface area contributed by atoms with Crippen molar-refractivity contribution in [2.24, 2.45) is 5.92 Å². The van der Waals surface area contributed by atoms with Gasteiger partial charge in [0.05, 0.1) is 6.61 Å². The molecular weight excluding hydrogens is 372 g/mol. The smallest absolute Gasteiger partial charge is 0.251 e. The van der Waals surface area contributed by atoms with Gasteiger partial charge in [-0.2, -0.15) is 0 Å². The summed E-state index contributed by atoms with van der Waals surface area (Å²) < 4.78 is 5.71. The number of carbonyl (C=O) groups is 1. The van der Waals surface area contributed by atoms with Gasteiger partial charge in [-0.15, -0.1) is 0 Å². The number of rotatable bonds is 10. The van der Waals surface area contributed by atoms with E-state index in [0.29, 0.717) is 24.6 Å². The molecule has 1 N–H and O–H groups in total. The van der Waals surface area contributed by atoms with Crippen LogP contribution < -0.4 is 10.1 Å². The first-order valence-corrected chi connectivity index (χ1v) is 11.4. The van der Waals surface area contributed by atoms with Crippen LogP contribution in [0.15, 0.2) is 48.5 Å². The average Bonchev–Trinajstić information content (AvgIpc) is 2.76. The molecule has 2 aromatic carbocycles. The summed E-state index contributed by atoms with van der Waals surface area (Å²) in [6.07, 6.45) is 5.89. The number of benzene rings is 2. The number of hydrogen-bond donors (Lipinski definition) is 1. The number of amides is 1. The van der Waals surface area contributed by atoms with E-state index in [1.165, 1.54) is 43.5 Å². The highest BCUT2D eigenvalue weighted by atomic mass is 16.5. The molecule has 162 valence electrons. The van der Waals surface area contributed by atoms with Gasteiger partial charge in [-0.25, -0.2) is 0 Å². The lowest BCUT2D eigenvalue weighted by Crippen LogP contribution is -2.29. The second kappa shape index (κ2) is 11.8. The number of ether oxygens (including phenoxy) is 1. The molecule has 0 saturated carbocycles. The van der Waals surface area contributed by atoms with Gasteiger partial charge in [0.15, 0.2) is 0 Å². The second-order valence-corrected chi connectivity index (χ2v) is 8.71. The van der Waals surface area contributed by atoms with Crippen LogP contribution in [0.2, 0.25) is 0 Å². The van der Waals surface area contributed by atoms with Crippen LogP contribution in [0.1, 0.15) is 61.0 Å². The fourth-order valence-electron chi connectivity index (χ4n) is 3.72. The summed E-state index contributed by atoms with van der Waals surface area (Å²) >= 11 is 0. The Morgan fingerprint density at radius 1 is 0.967 bits per heavy atom. The van der Waals surface area contributed by atoms with Crippen LogP contribution in [0.5, 0.6) is 5.75 Å². The fourth-order valence-corrected chi connectivity index (χ4v) is 3.72. The van der Waals surface area contributed by atoms with Crippen molar-refractivity contribution in [2.45, 2.75) is 52.5 Å². The van der Waals surface area contributed by atoms with E-state index in [-0.39, 0.29) is 5.91 Å². The molecule has 3 rings (SSSR count). The Morgan fingerprint density at radius 3 is 2.30 bits per heavy atom. The summed E-state index contributed by atoms with van der Waals surface area (Å²) in [7, 11) is 0. The first kappa shape index (κ1) is 22.4. The third-order valence-corrected chi connectivity index (χ3v) is 5.66. The topological polar surface area (TPSA) is 41.6 Å². The zero-order valence-electron chi connectivity index (χ0n) is 18.5. The Bertz CT molecular complexity index is 763. The van der Waals surface area contributed by atoms with Crippen molar-refractivity contribution in [1.82, 2.24) is 10.2 Å². The maximum atomic E-state index is 12.4. The molecule has 0 atom stereocenters. The lowest BCUT2D eigenvalue weighted by atomic mass is 10.1. The van der Waals surface area contributed by atoms with E-state index in [1.807, 2.05) is 24.3 Å². The van der Waals surface area contributed by atoms with Crippen LogP contribution in [0.25, 0.3) is 0 Å². The Labute approximate surface area is 181 Å². The van der Waals surface area contributed by atoms with Crippen LogP contribution in [0.4, 0.5) is 0 Å². The Balaban J connectivity index is 1.38. The number of nitrogens with one attached hydrogen (secondary N) is 1. The summed E-state index contributed by atoms with van der Waals surface area (Å²) in [5.41, 5.74) is 3.30. The predicted octanol–water partition coefficient (Wildman–Crippen LogP) is 5.07. The van der Waals surface area contributed by atoms with Gasteiger partial charge in [0.25, 0.3) is 5.91 Å². The number of carbonyl (C=O) groups excluding carboxylic acids is 1. The fraction of sp³-hybridized carbons (Fsp3) is 0.500. The van der Waals surface area contributed by atoms with Gasteiger partial charge in [0.2, 0.25) is 0 Å². The maximum absolute atomic E-state index is 12.4. The highest BCUT2D eigenvalue weighted by molar-refractivity contribution is 5.94. The molecule has 0 aromatic heterocycles. The minimum Gasteiger partial charge on any atom is -0.494 e. The number of piperidine rings is 1. The molecule has 0 unspecified atom stereocenters. The third kappa shape index (κ3) is 7.49. The summed E-state index contributed by atoms with van der Waals surface area (Å²) in [6, 6.07) is 16.2. The molecule has 1 aliphatic heterocycles. The third-order valence-electron chi connectivity index (χ3n) is 5.66. The minimum absolute atomic E-state index is 0.0366. The molecule has 2 aromatic rings. The van der Waals surface area contributed by atoms with E-state index >= 15 is 0 Å². The summed E-state index contributed by atoms with van der Waals surface area (Å²) in [5, 5.41) is 3.02. The Kier molecular flexibility index (Phi) is 8.76. The molecule has 4 nitrogen and oxygen atoms in total. The molecule has 1 aliphatic rings. The molecule has 30 heavy (non-hydrogen) atoms. The summed E-state index contributed by atoms with van der Waals surface area (Å²) in [5.74, 6) is 1.41. The van der Waals surface area contributed by atoms with E-state index in [2.05, 4.69) is 48.3 Å². The monoisotopic (exact) mass is 408 g/mol. The van der Waals surface area contributed by atoms with E-state index in [0.717, 1.165) is 25.1 Å². The quantitative estimate of drug-likeness (QED) is 0.597. The lowest BCUT2D eigenvalue weighted by Gasteiger charge is -2.26. The molecule has 0 aliphatic carbocycles. The van der Waals surface area contributed by atoms with Crippen LogP contribution in [0.3, 0.4) is 0 Å². The Morgan fingerprint density at radius 2 is 1.63 bits per heavy atom. The molecule has 0 spiro atoms. The lowest BCUT2D eigenvalue weighted by molar-refractivity contribution is 0.0954. The van der Waals surface area contributed by atoms with E-state index in [9.17, 15) is 4.79 Å². The van der Waals surface area contributed by atoms with Crippen molar-refractivity contribution in [3.05, 3.63) is 65.2 Å². The van der Waals surface area contributed by atoms with Crippen molar-refractivity contribution >= 4 is 5.91 Å². The average molecular weight is 409 g/mol. The molecule has 1 saturated heterocycles. The van der Waals surface area contributed by atoms with Gasteiger partial charge in [-0.1, -0.05) is 44.5 Å². The summed E-state index contributed by atoms with van der Waals surface area (Å²) in [6.45, 7) is 9.20. The van der Waals surface area contributed by atoms with Crippen LogP contribution in [0, 0.1) is 5.92 Å². The minimum atomic E-state index is -0.0366. The van der Waals surface area contributed by atoms with E-state index in [1.54, 1.807) is 0 Å². The van der Waals surface area contributed by atoms with Gasteiger partial charge in [0, 0.05) is 18.7 Å². The first-order valence-electron chi connectivity index (χ1n) is 11.4. The van der Waals surface area contributed by atoms with Crippen molar-refractivity contribution < 1.29 is 9.53 Å². The zero-order chi connectivity index (χ0) is 21.2. The highest BCUT2D eigenvalue weighted by Gasteiger charge is 2.10. The van der Waals surface area contributed by atoms with E-state index < -0.39 is 0 Å². The predicted molar refractivity (Wildman–Crippen MR) is 123 cm³/mol. The van der Waals surface area contributed by atoms with Gasteiger partial charge in [0.1, 0.15) is 5.75 Å². The molecular formula is C26H36N2O2. The second-order valence-electron chi connectivity index (χ2n) is 8.71. The van der Waals surface area contributed by atoms with Crippen LogP contribution in [-0.2, 0) is 13.0 Å². The maximum Gasteiger partial charge on any atom is 0.251 e. The molecule has 0 bridgehead atoms. The van der Waals surface area contributed by atoms with Gasteiger partial charge < -0.3 is 10.1 Å². The van der Waals surface area contributed by atoms with Gasteiger partial charge in [-0.05, 0) is 80.1 Å². The van der Waals surface area contributed by atoms with Crippen molar-refractivity contribution in [2.75, 3.05) is 26.2 Å².